The fourth-order valence-electron chi connectivity index (χ4n) is 3.65. The molecule has 0 N–H and O–H groups in total. The largest absolute Gasteiger partial charge is 0.381 e. The molecule has 0 amide bonds. The summed E-state index contributed by atoms with van der Waals surface area (Å²) < 4.78 is 7.53. The van der Waals surface area contributed by atoms with E-state index in [1.54, 1.807) is 0 Å². The van der Waals surface area contributed by atoms with Crippen LogP contribution in [-0.2, 0) is 17.8 Å². The number of hydrogen-bond acceptors (Lipinski definition) is 5. The first kappa shape index (κ1) is 15.6. The topological polar surface area (TPSA) is 46.4 Å². The highest BCUT2D eigenvalue weighted by molar-refractivity contribution is 5.47. The van der Waals surface area contributed by atoms with Crippen molar-refractivity contribution >= 4 is 5.82 Å². The summed E-state index contributed by atoms with van der Waals surface area (Å²) in [6.07, 6.45) is 6.95. The molecule has 2 aliphatic heterocycles. The van der Waals surface area contributed by atoms with Crippen molar-refractivity contribution in [3.05, 3.63) is 42.4 Å². The molecule has 4 rings (SSSR count). The van der Waals surface area contributed by atoms with E-state index < -0.39 is 0 Å². The molecule has 0 aliphatic carbocycles. The molecular weight excluding hydrogens is 302 g/mol. The van der Waals surface area contributed by atoms with Crippen LogP contribution in [0, 0.1) is 5.92 Å². The molecule has 6 nitrogen and oxygen atoms in total. The second-order valence-electron chi connectivity index (χ2n) is 6.71. The molecule has 6 heteroatoms. The zero-order chi connectivity index (χ0) is 16.2. The monoisotopic (exact) mass is 327 g/mol. The van der Waals surface area contributed by atoms with Crippen molar-refractivity contribution < 1.29 is 4.74 Å². The van der Waals surface area contributed by atoms with Crippen LogP contribution in [0.15, 0.2) is 36.8 Å². The van der Waals surface area contributed by atoms with Crippen LogP contribution < -0.4 is 4.90 Å². The summed E-state index contributed by atoms with van der Waals surface area (Å²) >= 11 is 0. The molecule has 2 aliphatic rings. The van der Waals surface area contributed by atoms with Gasteiger partial charge in [-0.15, -0.1) is 0 Å². The molecule has 4 heterocycles. The van der Waals surface area contributed by atoms with Gasteiger partial charge < -0.3 is 9.64 Å². The zero-order valence-corrected chi connectivity index (χ0v) is 14.0. The van der Waals surface area contributed by atoms with Gasteiger partial charge in [0.2, 0.25) is 0 Å². The molecule has 24 heavy (non-hydrogen) atoms. The molecule has 0 aromatic carbocycles. The summed E-state index contributed by atoms with van der Waals surface area (Å²) in [5, 5.41) is 4.31. The molecule has 128 valence electrons. The third-order valence-electron chi connectivity index (χ3n) is 4.95. The molecular formula is C18H25N5O. The quantitative estimate of drug-likeness (QED) is 0.835. The number of rotatable bonds is 5. The Balaban J connectivity index is 1.45. The van der Waals surface area contributed by atoms with Gasteiger partial charge in [0.05, 0.1) is 13.2 Å². The van der Waals surface area contributed by atoms with E-state index in [-0.39, 0.29) is 0 Å². The first-order chi connectivity index (χ1) is 11.9. The summed E-state index contributed by atoms with van der Waals surface area (Å²) in [5.74, 6) is 1.82. The molecule has 0 radical (unpaired) electrons. The fraction of sp³-hybridized carbons (Fsp3) is 0.556. The van der Waals surface area contributed by atoms with Crippen LogP contribution in [0.5, 0.6) is 0 Å². The third-order valence-corrected chi connectivity index (χ3v) is 4.95. The number of ether oxygens (including phenoxy) is 1. The lowest BCUT2D eigenvalue weighted by molar-refractivity contribution is 0.166. The average Bonchev–Trinajstić information content (AvgIpc) is 3.26. The third kappa shape index (κ3) is 3.60. The Kier molecular flexibility index (Phi) is 4.76. The lowest BCUT2D eigenvalue weighted by Crippen LogP contribution is -2.36. The number of anilines is 1. The maximum atomic E-state index is 5.54. The number of aromatic nitrogens is 3. The van der Waals surface area contributed by atoms with Crippen molar-refractivity contribution in [3.8, 4) is 0 Å². The smallest absolute Gasteiger partial charge is 0.133 e. The van der Waals surface area contributed by atoms with Gasteiger partial charge in [0.1, 0.15) is 5.82 Å². The predicted molar refractivity (Wildman–Crippen MR) is 92.9 cm³/mol. The van der Waals surface area contributed by atoms with E-state index in [2.05, 4.69) is 25.9 Å². The van der Waals surface area contributed by atoms with Crippen LogP contribution >= 0.6 is 0 Å². The minimum Gasteiger partial charge on any atom is -0.381 e. The Morgan fingerprint density at radius 3 is 3.00 bits per heavy atom. The molecule has 0 unspecified atom stereocenters. The molecule has 0 bridgehead atoms. The minimum atomic E-state index is 0.681. The number of fused-ring (bicyclic) bond motifs is 1. The Hall–Kier alpha value is -1.92. The van der Waals surface area contributed by atoms with Crippen LogP contribution in [0.25, 0.3) is 0 Å². The molecule has 1 atom stereocenters. The van der Waals surface area contributed by atoms with Crippen molar-refractivity contribution in [2.24, 2.45) is 5.92 Å². The van der Waals surface area contributed by atoms with Crippen LogP contribution in [0.1, 0.15) is 12.0 Å². The van der Waals surface area contributed by atoms with Crippen molar-refractivity contribution in [2.75, 3.05) is 44.3 Å². The predicted octanol–water partition coefficient (Wildman–Crippen LogP) is 1.64. The molecule has 2 aromatic heterocycles. The van der Waals surface area contributed by atoms with Crippen molar-refractivity contribution in [3.63, 3.8) is 0 Å². The van der Waals surface area contributed by atoms with Crippen LogP contribution in [0.4, 0.5) is 5.82 Å². The lowest BCUT2D eigenvalue weighted by Gasteiger charge is -2.24. The first-order valence-corrected chi connectivity index (χ1v) is 8.85. The Bertz CT molecular complexity index is 639. The Labute approximate surface area is 143 Å². The second-order valence-corrected chi connectivity index (χ2v) is 6.71. The van der Waals surface area contributed by atoms with Gasteiger partial charge in [0.15, 0.2) is 0 Å². The van der Waals surface area contributed by atoms with Gasteiger partial charge >= 0.3 is 0 Å². The minimum absolute atomic E-state index is 0.681. The molecule has 1 saturated heterocycles. The first-order valence-electron chi connectivity index (χ1n) is 8.85. The van der Waals surface area contributed by atoms with E-state index in [9.17, 15) is 0 Å². The summed E-state index contributed by atoms with van der Waals surface area (Å²) in [4.78, 5) is 9.64. The zero-order valence-electron chi connectivity index (χ0n) is 14.0. The molecule has 0 spiro atoms. The molecule has 1 fully saturated rings. The molecule has 0 saturated carbocycles. The highest BCUT2D eigenvalue weighted by Gasteiger charge is 2.24. The van der Waals surface area contributed by atoms with Gasteiger partial charge in [-0.25, -0.2) is 4.98 Å². The van der Waals surface area contributed by atoms with Crippen LogP contribution in [0.3, 0.4) is 0 Å². The fourth-order valence-corrected chi connectivity index (χ4v) is 3.65. The summed E-state index contributed by atoms with van der Waals surface area (Å²) in [6, 6.07) is 6.24. The van der Waals surface area contributed by atoms with E-state index >= 15 is 0 Å². The number of hydrogen-bond donors (Lipinski definition) is 0. The second kappa shape index (κ2) is 7.32. The van der Waals surface area contributed by atoms with E-state index in [0.717, 1.165) is 58.3 Å². The van der Waals surface area contributed by atoms with Gasteiger partial charge in [-0.3, -0.25) is 9.58 Å². The number of pyridine rings is 1. The van der Waals surface area contributed by atoms with Gasteiger partial charge in [-0.2, -0.15) is 5.10 Å². The van der Waals surface area contributed by atoms with E-state index in [1.165, 1.54) is 12.0 Å². The normalized spacial score (nSPS) is 21.7. The van der Waals surface area contributed by atoms with Gasteiger partial charge in [0.25, 0.3) is 0 Å². The maximum absolute atomic E-state index is 5.54. The lowest BCUT2D eigenvalue weighted by atomic mass is 10.1. The summed E-state index contributed by atoms with van der Waals surface area (Å²) in [5.41, 5.74) is 1.33. The SMILES string of the molecule is c1cnc2c(c1)CN(C[C@H]1CCOC1)CCN2CCn1cccn1. The van der Waals surface area contributed by atoms with E-state index in [1.807, 2.05) is 35.4 Å². The summed E-state index contributed by atoms with van der Waals surface area (Å²) in [6.45, 7) is 7.86. The van der Waals surface area contributed by atoms with Crippen molar-refractivity contribution in [2.45, 2.75) is 19.5 Å². The summed E-state index contributed by atoms with van der Waals surface area (Å²) in [7, 11) is 0. The van der Waals surface area contributed by atoms with Crippen LogP contribution in [0.2, 0.25) is 0 Å². The standard InChI is InChI=1S/C18H25N5O/c1-3-17-14-21(13-16-4-12-24-15-16)8-9-22(18(17)19-5-1)10-11-23-7-2-6-20-23/h1-3,5-7,16H,4,8-15H2/t16-/m1/s1. The van der Waals surface area contributed by atoms with E-state index in [4.69, 9.17) is 4.74 Å². The van der Waals surface area contributed by atoms with Gasteiger partial charge in [-0.05, 0) is 24.5 Å². The highest BCUT2D eigenvalue weighted by atomic mass is 16.5. The Morgan fingerprint density at radius 1 is 1.17 bits per heavy atom. The van der Waals surface area contributed by atoms with Gasteiger partial charge in [0, 0.05) is 63.5 Å². The maximum Gasteiger partial charge on any atom is 0.133 e. The molecule has 2 aromatic rings. The number of nitrogens with zero attached hydrogens (tertiary/aromatic N) is 5. The van der Waals surface area contributed by atoms with Crippen molar-refractivity contribution in [1.29, 1.82) is 0 Å². The van der Waals surface area contributed by atoms with Gasteiger partial charge in [-0.1, -0.05) is 6.07 Å². The Morgan fingerprint density at radius 2 is 2.17 bits per heavy atom. The van der Waals surface area contributed by atoms with E-state index in [0.29, 0.717) is 5.92 Å². The highest BCUT2D eigenvalue weighted by Crippen LogP contribution is 2.24. The van der Waals surface area contributed by atoms with Crippen molar-refractivity contribution in [1.82, 2.24) is 19.7 Å². The average molecular weight is 327 g/mol. The van der Waals surface area contributed by atoms with Crippen LogP contribution in [-0.4, -0.2) is 59.1 Å².